The molecular formula is C27H46N8O13. The molecule has 0 aromatic carbocycles. The SMILES string of the molecule is CC(C)CC(NC(=O)C(CC(N)=O)NC(=O)C(CO)NC(=O)C(C)NC(=O)C(C)N)C(=O)NC(CCC(=O)O)C(=O)NC(CO)C(=O)O. The maximum absolute atomic E-state index is 13.3. The molecule has 7 unspecified atom stereocenters. The van der Waals surface area contributed by atoms with Crippen LogP contribution in [0, 0.1) is 5.92 Å². The molecule has 0 rings (SSSR count). The van der Waals surface area contributed by atoms with Crippen LogP contribution in [0.25, 0.3) is 0 Å². The van der Waals surface area contributed by atoms with E-state index in [1.165, 1.54) is 13.8 Å². The van der Waals surface area contributed by atoms with E-state index in [1.807, 2.05) is 5.32 Å². The molecule has 0 heterocycles. The molecule has 0 spiro atoms. The fraction of sp³-hybridized carbons (Fsp3) is 0.667. The molecule has 0 aliphatic rings. The molecule has 0 bridgehead atoms. The Bertz CT molecular complexity index is 1200. The number of carboxylic acid groups (broad SMARTS) is 2. The number of rotatable bonds is 22. The van der Waals surface area contributed by atoms with Crippen molar-refractivity contribution in [2.24, 2.45) is 17.4 Å². The first-order valence-corrected chi connectivity index (χ1v) is 14.8. The van der Waals surface area contributed by atoms with Gasteiger partial charge in [0.1, 0.15) is 36.3 Å². The van der Waals surface area contributed by atoms with Gasteiger partial charge in [-0.15, -0.1) is 0 Å². The molecule has 7 atom stereocenters. The molecule has 272 valence electrons. The molecule has 21 nitrogen and oxygen atoms in total. The number of hydrogen-bond acceptors (Lipinski definition) is 12. The van der Waals surface area contributed by atoms with Crippen LogP contribution in [0.5, 0.6) is 0 Å². The third-order valence-electron chi connectivity index (χ3n) is 6.44. The minimum Gasteiger partial charge on any atom is -0.481 e. The van der Waals surface area contributed by atoms with Gasteiger partial charge in [0.25, 0.3) is 0 Å². The molecule has 0 aromatic rings. The van der Waals surface area contributed by atoms with Gasteiger partial charge in [0.05, 0.1) is 25.7 Å². The van der Waals surface area contributed by atoms with E-state index in [0.717, 1.165) is 0 Å². The first-order chi connectivity index (χ1) is 22.2. The second-order valence-electron chi connectivity index (χ2n) is 11.3. The summed E-state index contributed by atoms with van der Waals surface area (Å²) in [6, 6.07) is -10.4. The topological polar surface area (TPSA) is 359 Å². The largest absolute Gasteiger partial charge is 0.481 e. The van der Waals surface area contributed by atoms with Crippen molar-refractivity contribution in [1.29, 1.82) is 0 Å². The monoisotopic (exact) mass is 690 g/mol. The predicted molar refractivity (Wildman–Crippen MR) is 163 cm³/mol. The first-order valence-electron chi connectivity index (χ1n) is 14.8. The standard InChI is InChI=1S/C27H46N8O13/c1-11(2)7-15(24(44)31-14(5-6-20(39)40)23(43)35-18(10-37)27(47)48)32-25(45)16(8-19(29)38)33-26(46)17(9-36)34-22(42)13(4)30-21(41)12(3)28/h11-18,36-37H,5-10,28H2,1-4H3,(H2,29,38)(H,30,41)(H,31,44)(H,32,45)(H,33,46)(H,34,42)(H,35,43)(H,39,40)(H,47,48). The summed E-state index contributed by atoms with van der Waals surface area (Å²) in [5.74, 6) is -10.3. The summed E-state index contributed by atoms with van der Waals surface area (Å²) in [4.78, 5) is 111. The number of primary amides is 1. The zero-order chi connectivity index (χ0) is 37.3. The van der Waals surface area contributed by atoms with Crippen molar-refractivity contribution in [2.45, 2.75) is 95.7 Å². The molecule has 21 heteroatoms. The maximum Gasteiger partial charge on any atom is 0.328 e. The van der Waals surface area contributed by atoms with Gasteiger partial charge in [0, 0.05) is 6.42 Å². The minimum atomic E-state index is -1.77. The Morgan fingerprint density at radius 3 is 1.48 bits per heavy atom. The maximum atomic E-state index is 13.3. The molecule has 0 radical (unpaired) electrons. The third kappa shape index (κ3) is 16.1. The van der Waals surface area contributed by atoms with Crippen LogP contribution in [-0.2, 0) is 43.2 Å². The molecular weight excluding hydrogens is 644 g/mol. The van der Waals surface area contributed by atoms with E-state index in [0.29, 0.717) is 0 Å². The van der Waals surface area contributed by atoms with Crippen LogP contribution >= 0.6 is 0 Å². The summed E-state index contributed by atoms with van der Waals surface area (Å²) >= 11 is 0. The van der Waals surface area contributed by atoms with Crippen LogP contribution in [0.2, 0.25) is 0 Å². The molecule has 48 heavy (non-hydrogen) atoms. The average molecular weight is 691 g/mol. The van der Waals surface area contributed by atoms with Crippen molar-refractivity contribution in [3.05, 3.63) is 0 Å². The number of hydrogen-bond donors (Lipinski definition) is 12. The second kappa shape index (κ2) is 21.1. The van der Waals surface area contributed by atoms with Gasteiger partial charge in [0.15, 0.2) is 0 Å². The van der Waals surface area contributed by atoms with Crippen molar-refractivity contribution in [3.63, 3.8) is 0 Å². The Kier molecular flexibility index (Phi) is 18.9. The number of carbonyl (C=O) groups excluding carboxylic acids is 7. The van der Waals surface area contributed by atoms with Crippen molar-refractivity contribution < 1.29 is 63.6 Å². The summed E-state index contributed by atoms with van der Waals surface area (Å²) in [5.41, 5.74) is 10.7. The highest BCUT2D eigenvalue weighted by Crippen LogP contribution is 2.09. The summed E-state index contributed by atoms with van der Waals surface area (Å²) in [5, 5.41) is 50.3. The van der Waals surface area contributed by atoms with Gasteiger partial charge in [-0.1, -0.05) is 13.8 Å². The smallest absolute Gasteiger partial charge is 0.328 e. The zero-order valence-electron chi connectivity index (χ0n) is 27.0. The van der Waals surface area contributed by atoms with E-state index in [9.17, 15) is 53.4 Å². The number of amides is 7. The molecule has 0 saturated heterocycles. The van der Waals surface area contributed by atoms with Crippen LogP contribution in [0.4, 0.5) is 0 Å². The lowest BCUT2D eigenvalue weighted by molar-refractivity contribution is -0.144. The molecule has 0 fully saturated rings. The van der Waals surface area contributed by atoms with Gasteiger partial charge in [-0.25, -0.2) is 4.79 Å². The van der Waals surface area contributed by atoms with Gasteiger partial charge < -0.3 is 63.8 Å². The number of carboxylic acids is 2. The van der Waals surface area contributed by atoms with E-state index in [4.69, 9.17) is 21.7 Å². The lowest BCUT2D eigenvalue weighted by Crippen LogP contribution is -2.60. The summed E-state index contributed by atoms with van der Waals surface area (Å²) in [7, 11) is 0. The van der Waals surface area contributed by atoms with E-state index in [1.54, 1.807) is 13.8 Å². The molecule has 0 saturated carbocycles. The van der Waals surface area contributed by atoms with Crippen molar-refractivity contribution >= 4 is 53.3 Å². The number of aliphatic carboxylic acids is 2. The normalized spacial score (nSPS) is 15.2. The van der Waals surface area contributed by atoms with Crippen molar-refractivity contribution in [1.82, 2.24) is 31.9 Å². The Hall–Kier alpha value is -4.89. The first kappa shape index (κ1) is 43.1. The predicted octanol–water partition coefficient (Wildman–Crippen LogP) is -5.88. The molecule has 0 aromatic heterocycles. The quantitative estimate of drug-likeness (QED) is 0.0503. The van der Waals surface area contributed by atoms with Crippen LogP contribution < -0.4 is 43.4 Å². The average Bonchev–Trinajstić information content (AvgIpc) is 2.98. The minimum absolute atomic E-state index is 0.0865. The zero-order valence-corrected chi connectivity index (χ0v) is 27.0. The van der Waals surface area contributed by atoms with E-state index in [-0.39, 0.29) is 12.3 Å². The second-order valence-corrected chi connectivity index (χ2v) is 11.3. The molecule has 0 aliphatic heterocycles. The highest BCUT2D eigenvalue weighted by Gasteiger charge is 2.34. The summed E-state index contributed by atoms with van der Waals surface area (Å²) in [6.07, 6.45) is -2.03. The van der Waals surface area contributed by atoms with Crippen LogP contribution in [-0.4, -0.2) is 129 Å². The van der Waals surface area contributed by atoms with Gasteiger partial charge in [-0.2, -0.15) is 0 Å². The molecule has 14 N–H and O–H groups in total. The molecule has 0 aliphatic carbocycles. The van der Waals surface area contributed by atoms with Crippen molar-refractivity contribution in [3.8, 4) is 0 Å². The Morgan fingerprint density at radius 1 is 0.583 bits per heavy atom. The number of nitrogens with one attached hydrogen (secondary N) is 6. The van der Waals surface area contributed by atoms with Gasteiger partial charge >= 0.3 is 11.9 Å². The molecule has 7 amide bonds. The van der Waals surface area contributed by atoms with Crippen LogP contribution in [0.15, 0.2) is 0 Å². The Morgan fingerprint density at radius 2 is 1.02 bits per heavy atom. The van der Waals surface area contributed by atoms with E-state index < -0.39 is 128 Å². The highest BCUT2D eigenvalue weighted by molar-refractivity contribution is 5.98. The summed E-state index contributed by atoms with van der Waals surface area (Å²) in [6.45, 7) is 3.98. The highest BCUT2D eigenvalue weighted by atomic mass is 16.4. The van der Waals surface area contributed by atoms with Gasteiger partial charge in [0.2, 0.25) is 41.4 Å². The lowest BCUT2D eigenvalue weighted by Gasteiger charge is -2.27. The van der Waals surface area contributed by atoms with Gasteiger partial charge in [-0.3, -0.25) is 38.4 Å². The third-order valence-corrected chi connectivity index (χ3v) is 6.44. The fourth-order valence-electron chi connectivity index (χ4n) is 3.83. The number of aliphatic hydroxyl groups excluding tert-OH is 2. The van der Waals surface area contributed by atoms with Crippen LogP contribution in [0.3, 0.4) is 0 Å². The van der Waals surface area contributed by atoms with Gasteiger partial charge in [-0.05, 0) is 32.6 Å². The lowest BCUT2D eigenvalue weighted by atomic mass is 10.0. The summed E-state index contributed by atoms with van der Waals surface area (Å²) < 4.78 is 0. The Labute approximate surface area is 275 Å². The Balaban J connectivity index is 5.99. The number of nitrogens with two attached hydrogens (primary N) is 2. The van der Waals surface area contributed by atoms with Crippen LogP contribution in [0.1, 0.15) is 53.4 Å². The number of aliphatic hydroxyl groups is 2. The fourth-order valence-corrected chi connectivity index (χ4v) is 3.83. The van der Waals surface area contributed by atoms with E-state index in [2.05, 4.69) is 26.6 Å². The van der Waals surface area contributed by atoms with E-state index >= 15 is 0 Å². The number of carbonyl (C=O) groups is 9. The van der Waals surface area contributed by atoms with Crippen molar-refractivity contribution in [2.75, 3.05) is 13.2 Å².